The highest BCUT2D eigenvalue weighted by atomic mass is 32.1. The lowest BCUT2D eigenvalue weighted by Gasteiger charge is -2.40. The highest BCUT2D eigenvalue weighted by molar-refractivity contribution is 7.08. The van der Waals surface area contributed by atoms with Crippen LogP contribution in [0, 0.1) is 0 Å². The van der Waals surface area contributed by atoms with E-state index in [9.17, 15) is 4.79 Å². The second-order valence-electron chi connectivity index (χ2n) is 7.43. The van der Waals surface area contributed by atoms with Gasteiger partial charge < -0.3 is 4.90 Å². The fraction of sp³-hybridized carbons (Fsp3) is 0.476. The molecule has 0 saturated carbocycles. The Morgan fingerprint density at radius 1 is 1.24 bits per heavy atom. The molecule has 1 aliphatic heterocycles. The zero-order valence-corrected chi connectivity index (χ0v) is 15.7. The van der Waals surface area contributed by atoms with E-state index in [0.29, 0.717) is 18.5 Å². The van der Waals surface area contributed by atoms with Gasteiger partial charge in [-0.05, 0) is 65.7 Å². The number of carbonyl (C=O) groups excluding carboxylic acids is 1. The van der Waals surface area contributed by atoms with E-state index in [4.69, 9.17) is 0 Å². The first kappa shape index (κ1) is 16.8. The maximum atomic E-state index is 12.6. The van der Waals surface area contributed by atoms with Crippen molar-refractivity contribution in [3.63, 3.8) is 0 Å². The molecule has 2 aromatic rings. The average molecular weight is 355 g/mol. The number of amides is 1. The zero-order valence-electron chi connectivity index (χ0n) is 14.9. The first-order chi connectivity index (χ1) is 12.2. The van der Waals surface area contributed by atoms with Gasteiger partial charge in [-0.1, -0.05) is 24.3 Å². The molecular weight excluding hydrogens is 328 g/mol. The van der Waals surface area contributed by atoms with Crippen molar-refractivity contribution in [1.82, 2.24) is 9.80 Å². The summed E-state index contributed by atoms with van der Waals surface area (Å²) in [7, 11) is 1.99. The van der Waals surface area contributed by atoms with Crippen molar-refractivity contribution in [3.8, 4) is 0 Å². The molecule has 0 spiro atoms. The van der Waals surface area contributed by atoms with Gasteiger partial charge >= 0.3 is 0 Å². The van der Waals surface area contributed by atoms with Gasteiger partial charge in [0.1, 0.15) is 0 Å². The summed E-state index contributed by atoms with van der Waals surface area (Å²) in [6.45, 7) is 2.19. The SMILES string of the molecule is CN(C(=O)Cc1ccsc1)C1CCCN(C2Cc3ccccc3C2)C1. The van der Waals surface area contributed by atoms with Gasteiger partial charge in [-0.3, -0.25) is 9.69 Å². The molecule has 1 saturated heterocycles. The van der Waals surface area contributed by atoms with Crippen molar-refractivity contribution >= 4 is 17.2 Å². The van der Waals surface area contributed by atoms with Gasteiger partial charge in [-0.15, -0.1) is 0 Å². The topological polar surface area (TPSA) is 23.6 Å². The van der Waals surface area contributed by atoms with E-state index in [1.54, 1.807) is 11.3 Å². The minimum absolute atomic E-state index is 0.250. The molecule has 1 unspecified atom stereocenters. The highest BCUT2D eigenvalue weighted by Crippen LogP contribution is 2.28. The molecule has 25 heavy (non-hydrogen) atoms. The predicted octanol–water partition coefficient (Wildman–Crippen LogP) is 3.38. The van der Waals surface area contributed by atoms with E-state index >= 15 is 0 Å². The number of thiophene rings is 1. The third-order valence-corrected chi connectivity index (χ3v) is 6.58. The summed E-state index contributed by atoms with van der Waals surface area (Å²) in [6.07, 6.45) is 5.17. The van der Waals surface area contributed by atoms with Crippen LogP contribution in [0.4, 0.5) is 0 Å². The van der Waals surface area contributed by atoms with Crippen LogP contribution in [0.5, 0.6) is 0 Å². The van der Waals surface area contributed by atoms with Crippen LogP contribution in [-0.4, -0.2) is 47.9 Å². The Kier molecular flexibility index (Phi) is 4.91. The van der Waals surface area contributed by atoms with Crippen molar-refractivity contribution < 1.29 is 4.79 Å². The van der Waals surface area contributed by atoms with E-state index in [0.717, 1.165) is 31.4 Å². The van der Waals surface area contributed by atoms with E-state index in [1.165, 1.54) is 24.1 Å². The number of likely N-dealkylation sites (N-methyl/N-ethyl adjacent to an activating group) is 1. The first-order valence-electron chi connectivity index (χ1n) is 9.28. The van der Waals surface area contributed by atoms with Gasteiger partial charge in [0.15, 0.2) is 0 Å². The molecule has 0 bridgehead atoms. The van der Waals surface area contributed by atoms with Crippen LogP contribution in [-0.2, 0) is 24.1 Å². The Morgan fingerprint density at radius 3 is 2.68 bits per heavy atom. The second-order valence-corrected chi connectivity index (χ2v) is 8.21. The molecule has 0 N–H and O–H groups in total. The Morgan fingerprint density at radius 2 is 2.00 bits per heavy atom. The fourth-order valence-electron chi connectivity index (χ4n) is 4.32. The van der Waals surface area contributed by atoms with Crippen molar-refractivity contribution in [2.75, 3.05) is 20.1 Å². The Hall–Kier alpha value is -1.65. The van der Waals surface area contributed by atoms with E-state index in [2.05, 4.69) is 40.6 Å². The molecule has 132 valence electrons. The molecule has 0 radical (unpaired) electrons. The van der Waals surface area contributed by atoms with Crippen LogP contribution in [0.1, 0.15) is 29.5 Å². The molecule has 1 aromatic heterocycles. The van der Waals surface area contributed by atoms with Gasteiger partial charge in [-0.25, -0.2) is 0 Å². The molecule has 1 atom stereocenters. The van der Waals surface area contributed by atoms with Crippen molar-refractivity contribution in [1.29, 1.82) is 0 Å². The van der Waals surface area contributed by atoms with E-state index < -0.39 is 0 Å². The summed E-state index contributed by atoms with van der Waals surface area (Å²) < 4.78 is 0. The average Bonchev–Trinajstić information content (AvgIpc) is 3.30. The maximum absolute atomic E-state index is 12.6. The molecule has 2 heterocycles. The minimum atomic E-state index is 0.250. The van der Waals surface area contributed by atoms with E-state index in [-0.39, 0.29) is 5.91 Å². The monoisotopic (exact) mass is 354 g/mol. The second kappa shape index (κ2) is 7.30. The highest BCUT2D eigenvalue weighted by Gasteiger charge is 2.32. The summed E-state index contributed by atoms with van der Waals surface area (Å²) in [5.74, 6) is 0.250. The normalized spacial score (nSPS) is 21.2. The lowest BCUT2D eigenvalue weighted by atomic mass is 10.0. The first-order valence-corrected chi connectivity index (χ1v) is 10.2. The minimum Gasteiger partial charge on any atom is -0.341 e. The molecule has 3 nitrogen and oxygen atoms in total. The Bertz CT molecular complexity index is 702. The quantitative estimate of drug-likeness (QED) is 0.840. The number of hydrogen-bond donors (Lipinski definition) is 0. The van der Waals surface area contributed by atoms with E-state index in [1.807, 2.05) is 17.3 Å². The van der Waals surface area contributed by atoms with Crippen molar-refractivity contribution in [2.24, 2.45) is 0 Å². The van der Waals surface area contributed by atoms with Crippen LogP contribution < -0.4 is 0 Å². The molecular formula is C21H26N2OS. The Balaban J connectivity index is 1.37. The standard InChI is InChI=1S/C21H26N2OS/c1-22(21(24)11-16-8-10-25-15-16)19-7-4-9-23(14-19)20-12-17-5-2-3-6-18(17)13-20/h2-3,5-6,8,10,15,19-20H,4,7,9,11-14H2,1H3. The molecule has 1 aliphatic carbocycles. The van der Waals surface area contributed by atoms with Gasteiger partial charge in [0.25, 0.3) is 0 Å². The molecule has 2 aliphatic rings. The molecule has 4 rings (SSSR count). The molecule has 1 amide bonds. The number of fused-ring (bicyclic) bond motifs is 1. The van der Waals surface area contributed by atoms with Crippen LogP contribution in [0.15, 0.2) is 41.1 Å². The number of nitrogens with zero attached hydrogens (tertiary/aromatic N) is 2. The van der Waals surface area contributed by atoms with Gasteiger partial charge in [-0.2, -0.15) is 11.3 Å². The number of piperidine rings is 1. The summed E-state index contributed by atoms with van der Waals surface area (Å²) >= 11 is 1.66. The zero-order chi connectivity index (χ0) is 17.2. The summed E-state index contributed by atoms with van der Waals surface area (Å²) in [4.78, 5) is 17.3. The summed E-state index contributed by atoms with van der Waals surface area (Å²) in [5, 5.41) is 4.12. The van der Waals surface area contributed by atoms with Crippen LogP contribution in [0.2, 0.25) is 0 Å². The van der Waals surface area contributed by atoms with Gasteiger partial charge in [0, 0.05) is 25.7 Å². The largest absolute Gasteiger partial charge is 0.341 e. The number of likely N-dealkylation sites (tertiary alicyclic amines) is 1. The third kappa shape index (κ3) is 3.65. The number of carbonyl (C=O) groups is 1. The smallest absolute Gasteiger partial charge is 0.227 e. The number of rotatable bonds is 4. The van der Waals surface area contributed by atoms with Crippen molar-refractivity contribution in [2.45, 2.75) is 44.2 Å². The lowest BCUT2D eigenvalue weighted by Crippen LogP contribution is -2.52. The van der Waals surface area contributed by atoms with Crippen LogP contribution in [0.25, 0.3) is 0 Å². The van der Waals surface area contributed by atoms with Crippen LogP contribution >= 0.6 is 11.3 Å². The maximum Gasteiger partial charge on any atom is 0.227 e. The summed E-state index contributed by atoms with van der Waals surface area (Å²) in [5.41, 5.74) is 4.16. The van der Waals surface area contributed by atoms with Gasteiger partial charge in [0.05, 0.1) is 6.42 Å². The van der Waals surface area contributed by atoms with Gasteiger partial charge in [0.2, 0.25) is 5.91 Å². The molecule has 1 aromatic carbocycles. The number of hydrogen-bond acceptors (Lipinski definition) is 3. The summed E-state index contributed by atoms with van der Waals surface area (Å²) in [6, 6.07) is 11.9. The molecule has 4 heteroatoms. The predicted molar refractivity (Wildman–Crippen MR) is 103 cm³/mol. The van der Waals surface area contributed by atoms with Crippen molar-refractivity contribution in [3.05, 3.63) is 57.8 Å². The lowest BCUT2D eigenvalue weighted by molar-refractivity contribution is -0.132. The van der Waals surface area contributed by atoms with Crippen LogP contribution in [0.3, 0.4) is 0 Å². The number of benzene rings is 1. The fourth-order valence-corrected chi connectivity index (χ4v) is 4.99. The Labute approximate surface area is 154 Å². The molecule has 1 fully saturated rings. The third-order valence-electron chi connectivity index (χ3n) is 5.85.